The molecular formula is C16H24N2O2. The van der Waals surface area contributed by atoms with E-state index >= 15 is 0 Å². The first kappa shape index (κ1) is 14.7. The maximum Gasteiger partial charge on any atom is 0.132 e. The summed E-state index contributed by atoms with van der Waals surface area (Å²) in [7, 11) is 3.82. The van der Waals surface area contributed by atoms with Crippen LogP contribution in [0.5, 0.6) is 11.5 Å². The molecule has 0 saturated heterocycles. The van der Waals surface area contributed by atoms with Crippen molar-refractivity contribution in [3.05, 3.63) is 22.3 Å². The van der Waals surface area contributed by atoms with Crippen LogP contribution in [0.4, 0.5) is 0 Å². The third-order valence-corrected chi connectivity index (χ3v) is 3.80. The number of benzene rings is 1. The Morgan fingerprint density at radius 2 is 1.70 bits per heavy atom. The van der Waals surface area contributed by atoms with Crippen LogP contribution < -0.4 is 4.74 Å². The number of phenols is 1. The summed E-state index contributed by atoms with van der Waals surface area (Å²) in [5, 5.41) is 16.7. The normalized spacial score (nSPS) is 18.6. The second-order valence-electron chi connectivity index (χ2n) is 6.36. The average Bonchev–Trinajstić information content (AvgIpc) is 2.31. The highest BCUT2D eigenvalue weighted by Crippen LogP contribution is 2.43. The lowest BCUT2D eigenvalue weighted by Gasteiger charge is -2.36. The van der Waals surface area contributed by atoms with E-state index in [0.29, 0.717) is 5.75 Å². The van der Waals surface area contributed by atoms with Gasteiger partial charge >= 0.3 is 0 Å². The Labute approximate surface area is 121 Å². The van der Waals surface area contributed by atoms with Gasteiger partial charge in [-0.2, -0.15) is 5.10 Å². The molecular weight excluding hydrogens is 252 g/mol. The van der Waals surface area contributed by atoms with Crippen molar-refractivity contribution < 1.29 is 9.84 Å². The van der Waals surface area contributed by atoms with Crippen LogP contribution in [0.2, 0.25) is 0 Å². The quantitative estimate of drug-likeness (QED) is 0.801. The molecule has 1 aromatic carbocycles. The van der Waals surface area contributed by atoms with Gasteiger partial charge in [0.05, 0.1) is 5.71 Å². The van der Waals surface area contributed by atoms with Crippen LogP contribution in [0.25, 0.3) is 0 Å². The Kier molecular flexibility index (Phi) is 3.44. The van der Waals surface area contributed by atoms with Crippen molar-refractivity contribution in [1.82, 2.24) is 5.01 Å². The molecule has 0 atom stereocenters. The third kappa shape index (κ3) is 2.35. The van der Waals surface area contributed by atoms with E-state index in [9.17, 15) is 5.11 Å². The molecule has 0 radical (unpaired) electrons. The van der Waals surface area contributed by atoms with Gasteiger partial charge < -0.3 is 14.9 Å². The summed E-state index contributed by atoms with van der Waals surface area (Å²) in [6.45, 7) is 9.97. The summed E-state index contributed by atoms with van der Waals surface area (Å²) in [6.07, 6.45) is 0.723. The molecule has 0 amide bonds. The van der Waals surface area contributed by atoms with Gasteiger partial charge in [0.2, 0.25) is 0 Å². The van der Waals surface area contributed by atoms with Crippen molar-refractivity contribution in [3.63, 3.8) is 0 Å². The summed E-state index contributed by atoms with van der Waals surface area (Å²) in [5.74, 6) is 1.20. The molecule has 0 unspecified atom stereocenters. The minimum atomic E-state index is -0.289. The first-order valence-corrected chi connectivity index (χ1v) is 6.91. The number of fused-ring (bicyclic) bond motifs is 1. The van der Waals surface area contributed by atoms with E-state index in [2.05, 4.69) is 18.9 Å². The van der Waals surface area contributed by atoms with Crippen molar-refractivity contribution in [2.24, 2.45) is 5.10 Å². The summed E-state index contributed by atoms with van der Waals surface area (Å²) < 4.78 is 6.17. The van der Waals surface area contributed by atoms with E-state index in [1.165, 1.54) is 0 Å². The maximum absolute atomic E-state index is 10.3. The fourth-order valence-corrected chi connectivity index (χ4v) is 2.71. The first-order chi connectivity index (χ1) is 9.14. The molecule has 0 aliphatic carbocycles. The summed E-state index contributed by atoms with van der Waals surface area (Å²) in [5.41, 5.74) is 4.34. The van der Waals surface area contributed by atoms with Gasteiger partial charge in [0.15, 0.2) is 0 Å². The number of hydrazone groups is 1. The maximum atomic E-state index is 10.3. The number of hydrogen-bond acceptors (Lipinski definition) is 4. The molecule has 0 saturated carbocycles. The van der Waals surface area contributed by atoms with Crippen LogP contribution in [-0.4, -0.2) is 35.5 Å². The van der Waals surface area contributed by atoms with E-state index in [1.807, 2.05) is 34.9 Å². The van der Waals surface area contributed by atoms with E-state index in [0.717, 1.165) is 40.1 Å². The molecule has 1 aromatic rings. The molecule has 1 heterocycles. The zero-order valence-electron chi connectivity index (χ0n) is 13.5. The fourth-order valence-electron chi connectivity index (χ4n) is 2.71. The Hall–Kier alpha value is -1.71. The predicted octanol–water partition coefficient (Wildman–Crippen LogP) is 3.14. The van der Waals surface area contributed by atoms with Gasteiger partial charge in [0, 0.05) is 31.6 Å². The second-order valence-corrected chi connectivity index (χ2v) is 6.36. The second kappa shape index (κ2) is 4.69. The number of phenolic OH excluding ortho intramolecular Hbond substituents is 1. The van der Waals surface area contributed by atoms with Crippen LogP contribution in [-0.2, 0) is 0 Å². The number of nitrogens with zero attached hydrogens (tertiary/aromatic N) is 2. The average molecular weight is 276 g/mol. The highest BCUT2D eigenvalue weighted by atomic mass is 16.5. The van der Waals surface area contributed by atoms with Gasteiger partial charge in [0.1, 0.15) is 17.1 Å². The smallest absolute Gasteiger partial charge is 0.132 e. The van der Waals surface area contributed by atoms with Crippen molar-refractivity contribution in [1.29, 1.82) is 0 Å². The Bertz CT molecular complexity index is 587. The molecule has 1 N–H and O–H groups in total. The van der Waals surface area contributed by atoms with Crippen molar-refractivity contribution >= 4 is 5.71 Å². The lowest BCUT2D eigenvalue weighted by molar-refractivity contribution is 0.109. The highest BCUT2D eigenvalue weighted by molar-refractivity contribution is 6.06. The lowest BCUT2D eigenvalue weighted by Crippen LogP contribution is -2.37. The van der Waals surface area contributed by atoms with Crippen LogP contribution in [0.3, 0.4) is 0 Å². The molecule has 0 aromatic heterocycles. The number of rotatable bonds is 1. The molecule has 110 valence electrons. The molecule has 0 bridgehead atoms. The van der Waals surface area contributed by atoms with E-state index in [-0.39, 0.29) is 5.60 Å². The number of ether oxygens (including phenoxy) is 1. The van der Waals surface area contributed by atoms with Gasteiger partial charge in [-0.05, 0) is 45.7 Å². The van der Waals surface area contributed by atoms with Gasteiger partial charge in [-0.1, -0.05) is 0 Å². The number of aromatic hydroxyl groups is 1. The largest absolute Gasteiger partial charge is 0.507 e. The molecule has 1 aliphatic heterocycles. The molecule has 20 heavy (non-hydrogen) atoms. The van der Waals surface area contributed by atoms with Crippen molar-refractivity contribution in [2.45, 2.75) is 46.6 Å². The number of hydrogen-bond donors (Lipinski definition) is 1. The fraction of sp³-hybridized carbons (Fsp3) is 0.562. The Morgan fingerprint density at radius 1 is 1.10 bits per heavy atom. The summed E-state index contributed by atoms with van der Waals surface area (Å²) in [6, 6.07) is 0. The molecule has 2 rings (SSSR count). The summed E-state index contributed by atoms with van der Waals surface area (Å²) in [4.78, 5) is 0. The summed E-state index contributed by atoms with van der Waals surface area (Å²) >= 11 is 0. The van der Waals surface area contributed by atoms with E-state index in [1.54, 1.807) is 5.01 Å². The van der Waals surface area contributed by atoms with Crippen molar-refractivity contribution in [2.75, 3.05) is 14.1 Å². The highest BCUT2D eigenvalue weighted by Gasteiger charge is 2.35. The molecule has 0 fully saturated rings. The SMILES string of the molecule is Cc1c(C)c2c(c(C)c1O)/C(=N/N(C)C)CC(C)(C)O2. The van der Waals surface area contributed by atoms with Crippen LogP contribution >= 0.6 is 0 Å². The standard InChI is InChI=1S/C16H24N2O2/c1-9-10(2)15-13(11(3)14(9)19)12(17-18(6)7)8-16(4,5)20-15/h19H,8H2,1-7H3/b17-12+. The van der Waals surface area contributed by atoms with Gasteiger partial charge in [0.25, 0.3) is 0 Å². The monoisotopic (exact) mass is 276 g/mol. The van der Waals surface area contributed by atoms with E-state index in [4.69, 9.17) is 4.74 Å². The van der Waals surface area contributed by atoms with Crippen LogP contribution in [0.15, 0.2) is 5.10 Å². The molecule has 0 spiro atoms. The molecule has 4 heteroatoms. The van der Waals surface area contributed by atoms with Crippen LogP contribution in [0, 0.1) is 20.8 Å². The van der Waals surface area contributed by atoms with Gasteiger partial charge in [-0.15, -0.1) is 0 Å². The van der Waals surface area contributed by atoms with Gasteiger partial charge in [-0.25, -0.2) is 0 Å². The zero-order valence-corrected chi connectivity index (χ0v) is 13.5. The minimum absolute atomic E-state index is 0.289. The Morgan fingerprint density at radius 3 is 2.25 bits per heavy atom. The lowest BCUT2D eigenvalue weighted by atomic mass is 9.86. The minimum Gasteiger partial charge on any atom is -0.507 e. The van der Waals surface area contributed by atoms with Crippen molar-refractivity contribution in [3.8, 4) is 11.5 Å². The zero-order chi connectivity index (χ0) is 15.2. The Balaban J connectivity index is 2.78. The van der Waals surface area contributed by atoms with E-state index < -0.39 is 0 Å². The topological polar surface area (TPSA) is 45.1 Å². The van der Waals surface area contributed by atoms with Gasteiger partial charge in [-0.3, -0.25) is 0 Å². The molecule has 1 aliphatic rings. The third-order valence-electron chi connectivity index (χ3n) is 3.80. The first-order valence-electron chi connectivity index (χ1n) is 6.91. The molecule has 4 nitrogen and oxygen atoms in total. The predicted molar refractivity (Wildman–Crippen MR) is 81.9 cm³/mol. The van der Waals surface area contributed by atoms with Crippen LogP contribution in [0.1, 0.15) is 42.5 Å².